The zero-order valence-electron chi connectivity index (χ0n) is 18.6. The molecule has 0 spiro atoms. The first-order valence-corrected chi connectivity index (χ1v) is 9.66. The van der Waals surface area contributed by atoms with Crippen LogP contribution in [0, 0.1) is 6.92 Å². The number of ether oxygens (including phenoxy) is 2. The molecular weight excluding hydrogens is 416 g/mol. The van der Waals surface area contributed by atoms with Crippen LogP contribution in [0.25, 0.3) is 5.65 Å². The number of aromatic nitrogens is 3. The fourth-order valence-corrected chi connectivity index (χ4v) is 2.69. The van der Waals surface area contributed by atoms with E-state index in [9.17, 15) is 14.4 Å². The first-order chi connectivity index (χ1) is 15.0. The lowest BCUT2D eigenvalue weighted by Crippen LogP contribution is -2.24. The van der Waals surface area contributed by atoms with Gasteiger partial charge in [-0.3, -0.25) is 0 Å². The number of fused-ring (bicyclic) bond motifs is 1. The molecule has 0 aliphatic heterocycles. The van der Waals surface area contributed by atoms with Gasteiger partial charge in [-0.15, -0.1) is 0 Å². The molecule has 0 atom stereocenters. The van der Waals surface area contributed by atoms with E-state index in [-0.39, 0.29) is 23.0 Å². The number of methoxy groups -OCH3 is 1. The van der Waals surface area contributed by atoms with Crippen LogP contribution >= 0.6 is 0 Å². The van der Waals surface area contributed by atoms with Crippen molar-refractivity contribution >= 4 is 23.6 Å². The van der Waals surface area contributed by atoms with Crippen molar-refractivity contribution < 1.29 is 29.0 Å². The summed E-state index contributed by atoms with van der Waals surface area (Å²) in [5, 5.41) is 12.7. The minimum absolute atomic E-state index is 0.0231. The second-order valence-electron chi connectivity index (χ2n) is 7.78. The normalized spacial score (nSPS) is 10.8. The van der Waals surface area contributed by atoms with Gasteiger partial charge in [0, 0.05) is 18.7 Å². The lowest BCUT2D eigenvalue weighted by atomic mass is 10.0. The highest BCUT2D eigenvalue weighted by molar-refractivity contribution is 5.93. The summed E-state index contributed by atoms with van der Waals surface area (Å²) >= 11 is 0. The lowest BCUT2D eigenvalue weighted by Gasteiger charge is -2.20. The summed E-state index contributed by atoms with van der Waals surface area (Å²) in [5.74, 6) is -2.17. The molecule has 32 heavy (non-hydrogen) atoms. The van der Waals surface area contributed by atoms with Crippen molar-refractivity contribution in [3.8, 4) is 0 Å². The van der Waals surface area contributed by atoms with Gasteiger partial charge in [0.15, 0.2) is 17.0 Å². The Balaban J connectivity index is 0.000000227. The van der Waals surface area contributed by atoms with Gasteiger partial charge < -0.3 is 20.3 Å². The Hall–Kier alpha value is -3.79. The molecule has 10 nitrogen and oxygen atoms in total. The SMILES string of the molecule is COC(=O)c1cc(C(=O)O)nc2ccnn12.Cc1cc(CN)ccc1C(=O)OC(C)(C)C. The predicted molar refractivity (Wildman–Crippen MR) is 116 cm³/mol. The van der Waals surface area contributed by atoms with Crippen molar-refractivity contribution in [1.29, 1.82) is 0 Å². The molecule has 0 radical (unpaired) electrons. The monoisotopic (exact) mass is 442 g/mol. The number of carboxylic acid groups (broad SMARTS) is 1. The number of nitrogens with two attached hydrogens (primary N) is 1. The third-order valence-corrected chi connectivity index (χ3v) is 4.12. The molecule has 0 amide bonds. The number of hydrogen-bond donors (Lipinski definition) is 2. The molecule has 2 heterocycles. The number of carbonyl (C=O) groups is 3. The second kappa shape index (κ2) is 10.0. The van der Waals surface area contributed by atoms with E-state index >= 15 is 0 Å². The van der Waals surface area contributed by atoms with Crippen molar-refractivity contribution in [2.24, 2.45) is 5.73 Å². The molecule has 3 N–H and O–H groups in total. The fraction of sp³-hybridized carbons (Fsp3) is 0.318. The Kier molecular flexibility index (Phi) is 7.66. The van der Waals surface area contributed by atoms with Gasteiger partial charge >= 0.3 is 17.9 Å². The number of hydrogen-bond acceptors (Lipinski definition) is 8. The number of nitrogens with zero attached hydrogens (tertiary/aromatic N) is 3. The first-order valence-electron chi connectivity index (χ1n) is 9.66. The largest absolute Gasteiger partial charge is 0.477 e. The Labute approximate surface area is 185 Å². The third kappa shape index (κ3) is 6.11. The van der Waals surface area contributed by atoms with E-state index in [1.807, 2.05) is 39.8 Å². The van der Waals surface area contributed by atoms with Crippen LogP contribution in [0.4, 0.5) is 0 Å². The highest BCUT2D eigenvalue weighted by atomic mass is 16.6. The standard InChI is InChI=1S/C13H19NO2.C9H7N3O4/c1-9-7-10(8-14)5-6-11(9)12(15)16-13(2,3)4;1-16-9(15)6-4-5(8(13)14)11-7-2-3-10-12(6)7/h5-7H,8,14H2,1-4H3;2-4H,1H3,(H,13,14). The number of aryl methyl sites for hydroxylation is 1. The van der Waals surface area contributed by atoms with Crippen molar-refractivity contribution in [1.82, 2.24) is 14.6 Å². The number of carboxylic acids is 1. The van der Waals surface area contributed by atoms with Crippen molar-refractivity contribution in [3.05, 3.63) is 64.6 Å². The van der Waals surface area contributed by atoms with Crippen LogP contribution in [0.3, 0.4) is 0 Å². The number of aromatic carboxylic acids is 1. The first kappa shape index (κ1) is 24.5. The lowest BCUT2D eigenvalue weighted by molar-refractivity contribution is 0.00683. The van der Waals surface area contributed by atoms with Crippen molar-refractivity contribution in [3.63, 3.8) is 0 Å². The summed E-state index contributed by atoms with van der Waals surface area (Å²) in [4.78, 5) is 37.8. The molecule has 1 aromatic carbocycles. The van der Waals surface area contributed by atoms with Gasteiger partial charge in [0.05, 0.1) is 18.9 Å². The number of carbonyl (C=O) groups excluding carboxylic acids is 2. The van der Waals surface area contributed by atoms with E-state index in [4.69, 9.17) is 15.6 Å². The molecule has 3 aromatic rings. The molecule has 0 aliphatic carbocycles. The summed E-state index contributed by atoms with van der Waals surface area (Å²) in [6, 6.07) is 8.16. The fourth-order valence-electron chi connectivity index (χ4n) is 2.69. The summed E-state index contributed by atoms with van der Waals surface area (Å²) in [6.07, 6.45) is 1.42. The van der Waals surface area contributed by atoms with Crippen LogP contribution in [0.15, 0.2) is 36.5 Å². The molecule has 170 valence electrons. The van der Waals surface area contributed by atoms with E-state index in [1.165, 1.54) is 23.9 Å². The smallest absolute Gasteiger partial charge is 0.356 e. The van der Waals surface area contributed by atoms with Crippen molar-refractivity contribution in [2.45, 2.75) is 39.8 Å². The van der Waals surface area contributed by atoms with Gasteiger partial charge in [0.1, 0.15) is 5.60 Å². The molecule has 0 fully saturated rings. The number of benzene rings is 1. The maximum atomic E-state index is 11.8. The molecule has 0 bridgehead atoms. The van der Waals surface area contributed by atoms with Gasteiger partial charge in [0.2, 0.25) is 0 Å². The molecule has 0 unspecified atom stereocenters. The minimum atomic E-state index is -1.21. The van der Waals surface area contributed by atoms with E-state index in [0.717, 1.165) is 17.2 Å². The van der Waals surface area contributed by atoms with Gasteiger partial charge in [-0.1, -0.05) is 12.1 Å². The zero-order chi connectivity index (χ0) is 24.1. The molecule has 10 heteroatoms. The van der Waals surface area contributed by atoms with Gasteiger partial charge in [-0.25, -0.2) is 23.9 Å². The molecule has 3 rings (SSSR count). The summed E-state index contributed by atoms with van der Waals surface area (Å²) in [6.45, 7) is 7.94. The van der Waals surface area contributed by atoms with Gasteiger partial charge in [-0.05, 0) is 44.9 Å². The van der Waals surface area contributed by atoms with E-state index < -0.39 is 17.5 Å². The van der Waals surface area contributed by atoms with Gasteiger partial charge in [0.25, 0.3) is 0 Å². The zero-order valence-corrected chi connectivity index (χ0v) is 18.6. The van der Waals surface area contributed by atoms with Crippen LogP contribution in [0.1, 0.15) is 63.2 Å². The summed E-state index contributed by atoms with van der Waals surface area (Å²) in [5.41, 5.74) is 7.66. The maximum Gasteiger partial charge on any atom is 0.356 e. The Morgan fingerprint density at radius 2 is 1.81 bits per heavy atom. The third-order valence-electron chi connectivity index (χ3n) is 4.12. The maximum absolute atomic E-state index is 11.8. The minimum Gasteiger partial charge on any atom is -0.477 e. The van der Waals surface area contributed by atoms with E-state index in [1.54, 1.807) is 6.07 Å². The van der Waals surface area contributed by atoms with Gasteiger partial charge in [-0.2, -0.15) is 5.10 Å². The van der Waals surface area contributed by atoms with Crippen molar-refractivity contribution in [2.75, 3.05) is 7.11 Å². The van der Waals surface area contributed by atoms with Crippen LogP contribution in [0.2, 0.25) is 0 Å². The number of esters is 2. The Bertz CT molecular complexity index is 1150. The van der Waals surface area contributed by atoms with Crippen LogP contribution in [0.5, 0.6) is 0 Å². The second-order valence-corrected chi connectivity index (χ2v) is 7.78. The quantitative estimate of drug-likeness (QED) is 0.582. The predicted octanol–water partition coefficient (Wildman–Crippen LogP) is 2.62. The molecular formula is C22H26N4O6. The summed E-state index contributed by atoms with van der Waals surface area (Å²) in [7, 11) is 1.21. The number of rotatable bonds is 4. The molecule has 0 saturated heterocycles. The van der Waals surface area contributed by atoms with Crippen LogP contribution in [-0.4, -0.2) is 50.3 Å². The average Bonchev–Trinajstić information content (AvgIpc) is 3.20. The molecule has 0 saturated carbocycles. The van der Waals surface area contributed by atoms with E-state index in [0.29, 0.717) is 12.1 Å². The summed E-state index contributed by atoms with van der Waals surface area (Å²) < 4.78 is 11.1. The van der Waals surface area contributed by atoms with Crippen LogP contribution in [-0.2, 0) is 16.0 Å². The van der Waals surface area contributed by atoms with E-state index in [2.05, 4.69) is 14.8 Å². The highest BCUT2D eigenvalue weighted by Gasteiger charge is 2.19. The molecule has 2 aromatic heterocycles. The highest BCUT2D eigenvalue weighted by Crippen LogP contribution is 2.16. The average molecular weight is 442 g/mol. The Morgan fingerprint density at radius 3 is 2.34 bits per heavy atom. The topological polar surface area (TPSA) is 146 Å². The Morgan fingerprint density at radius 1 is 1.12 bits per heavy atom. The van der Waals surface area contributed by atoms with Crippen LogP contribution < -0.4 is 5.73 Å². The molecule has 0 aliphatic rings.